The maximum atomic E-state index is 12.8. The zero-order valence-electron chi connectivity index (χ0n) is 15.4. The Morgan fingerprint density at radius 2 is 1.89 bits per heavy atom. The Balaban J connectivity index is 1.87. The first-order valence-corrected chi connectivity index (χ1v) is 9.45. The monoisotopic (exact) mass is 377 g/mol. The summed E-state index contributed by atoms with van der Waals surface area (Å²) in [5.41, 5.74) is 4.26. The van der Waals surface area contributed by atoms with Crippen LogP contribution >= 0.6 is 11.8 Å². The quantitative estimate of drug-likeness (QED) is 0.540. The van der Waals surface area contributed by atoms with Crippen molar-refractivity contribution in [2.45, 2.75) is 25.8 Å². The average molecular weight is 377 g/mol. The van der Waals surface area contributed by atoms with Gasteiger partial charge < -0.3 is 9.55 Å². The minimum Gasteiger partial charge on any atom is -0.318 e. The molecular weight excluding hydrogens is 358 g/mol. The fourth-order valence-corrected chi connectivity index (χ4v) is 4.10. The first-order valence-electron chi connectivity index (χ1n) is 8.46. The Hall–Kier alpha value is -3.04. The number of H-pyrrole nitrogens is 1. The Labute approximate surface area is 161 Å². The average Bonchev–Trinajstić information content (AvgIpc) is 2.94. The summed E-state index contributed by atoms with van der Waals surface area (Å²) in [5, 5.41) is 9.75. The number of rotatable bonds is 5. The van der Waals surface area contributed by atoms with Gasteiger partial charge in [-0.1, -0.05) is 30.0 Å². The van der Waals surface area contributed by atoms with Crippen LogP contribution in [0, 0.1) is 32.1 Å². The highest BCUT2D eigenvalue weighted by atomic mass is 32.2. The summed E-state index contributed by atoms with van der Waals surface area (Å²) in [6.07, 6.45) is 0. The zero-order valence-corrected chi connectivity index (χ0v) is 16.2. The van der Waals surface area contributed by atoms with Crippen molar-refractivity contribution in [1.29, 1.82) is 5.26 Å². The van der Waals surface area contributed by atoms with Crippen molar-refractivity contribution >= 4 is 17.5 Å². The van der Waals surface area contributed by atoms with E-state index in [9.17, 15) is 14.9 Å². The van der Waals surface area contributed by atoms with Crippen LogP contribution in [0.5, 0.6) is 0 Å². The van der Waals surface area contributed by atoms with Crippen molar-refractivity contribution in [1.82, 2.24) is 9.55 Å². The maximum Gasteiger partial charge on any atom is 0.249 e. The standard InChI is InChI=1S/C21H19N3O2S/c1-13-9-20(26)23-21(18(13)11-22)27-12-19(25)17-10-14(2)24(15(17)3)16-7-5-4-6-8-16/h4-10H,12H2,1-3H3,(H,23,26). The molecule has 0 saturated carbocycles. The smallest absolute Gasteiger partial charge is 0.249 e. The van der Waals surface area contributed by atoms with E-state index >= 15 is 0 Å². The molecular formula is C21H19N3O2S. The molecule has 5 nitrogen and oxygen atoms in total. The Bertz CT molecular complexity index is 1100. The van der Waals surface area contributed by atoms with Gasteiger partial charge in [0, 0.05) is 28.7 Å². The molecule has 0 amide bonds. The van der Waals surface area contributed by atoms with Crippen molar-refractivity contribution in [3.8, 4) is 11.8 Å². The number of aromatic amines is 1. The molecule has 1 N–H and O–H groups in total. The molecule has 3 aromatic rings. The van der Waals surface area contributed by atoms with Crippen LogP contribution in [-0.4, -0.2) is 21.1 Å². The number of nitrogens with zero attached hydrogens (tertiary/aromatic N) is 2. The first-order chi connectivity index (χ1) is 12.9. The normalized spacial score (nSPS) is 10.6. The van der Waals surface area contributed by atoms with Gasteiger partial charge >= 0.3 is 0 Å². The van der Waals surface area contributed by atoms with Crippen LogP contribution in [0.2, 0.25) is 0 Å². The van der Waals surface area contributed by atoms with Crippen molar-refractivity contribution in [2.75, 3.05) is 5.75 Å². The van der Waals surface area contributed by atoms with Crippen LogP contribution in [0.3, 0.4) is 0 Å². The summed E-state index contributed by atoms with van der Waals surface area (Å²) in [6.45, 7) is 5.61. The zero-order chi connectivity index (χ0) is 19.6. The molecule has 0 radical (unpaired) electrons. The highest BCUT2D eigenvalue weighted by Crippen LogP contribution is 2.25. The number of para-hydroxylation sites is 1. The van der Waals surface area contributed by atoms with E-state index in [-0.39, 0.29) is 17.1 Å². The summed E-state index contributed by atoms with van der Waals surface area (Å²) >= 11 is 1.19. The van der Waals surface area contributed by atoms with Crippen LogP contribution < -0.4 is 5.56 Å². The van der Waals surface area contributed by atoms with E-state index in [0.717, 1.165) is 17.1 Å². The molecule has 6 heteroatoms. The molecule has 0 aliphatic heterocycles. The van der Waals surface area contributed by atoms with Crippen molar-refractivity contribution in [3.05, 3.63) is 80.9 Å². The van der Waals surface area contributed by atoms with Crippen LogP contribution in [0.1, 0.15) is 32.9 Å². The van der Waals surface area contributed by atoms with Gasteiger partial charge in [0.1, 0.15) is 6.07 Å². The van der Waals surface area contributed by atoms with Gasteiger partial charge in [0.15, 0.2) is 5.78 Å². The molecule has 1 aromatic carbocycles. The number of aromatic nitrogens is 2. The molecule has 2 heterocycles. The maximum absolute atomic E-state index is 12.8. The number of aryl methyl sites for hydroxylation is 2. The van der Waals surface area contributed by atoms with Gasteiger partial charge in [-0.25, -0.2) is 0 Å². The van der Waals surface area contributed by atoms with Crippen molar-refractivity contribution < 1.29 is 4.79 Å². The van der Waals surface area contributed by atoms with E-state index in [1.165, 1.54) is 17.8 Å². The topological polar surface area (TPSA) is 78.7 Å². The number of hydrogen-bond donors (Lipinski definition) is 1. The van der Waals surface area contributed by atoms with Gasteiger partial charge in [-0.15, -0.1) is 0 Å². The van der Waals surface area contributed by atoms with Crippen LogP contribution in [0.15, 0.2) is 52.3 Å². The van der Waals surface area contributed by atoms with E-state index in [1.807, 2.05) is 54.8 Å². The highest BCUT2D eigenvalue weighted by molar-refractivity contribution is 8.00. The van der Waals surface area contributed by atoms with Gasteiger partial charge in [0.05, 0.1) is 16.3 Å². The highest BCUT2D eigenvalue weighted by Gasteiger charge is 2.18. The number of hydrogen-bond acceptors (Lipinski definition) is 4. The number of nitrogens with one attached hydrogen (secondary N) is 1. The van der Waals surface area contributed by atoms with Crippen molar-refractivity contribution in [2.24, 2.45) is 0 Å². The molecule has 136 valence electrons. The predicted molar refractivity (Wildman–Crippen MR) is 107 cm³/mol. The number of ketones is 1. The van der Waals surface area contributed by atoms with E-state index < -0.39 is 0 Å². The molecule has 0 atom stereocenters. The third-order valence-electron chi connectivity index (χ3n) is 4.41. The van der Waals surface area contributed by atoms with Gasteiger partial charge in [0.2, 0.25) is 5.56 Å². The molecule has 0 unspecified atom stereocenters. The lowest BCUT2D eigenvalue weighted by atomic mass is 10.2. The second-order valence-electron chi connectivity index (χ2n) is 6.30. The summed E-state index contributed by atoms with van der Waals surface area (Å²) < 4.78 is 2.05. The lowest BCUT2D eigenvalue weighted by molar-refractivity contribution is 0.102. The molecule has 0 spiro atoms. The number of Topliss-reactive ketones (excluding diaryl/α,β-unsaturated/α-hetero) is 1. The van der Waals surface area contributed by atoms with Crippen LogP contribution in [0.25, 0.3) is 5.69 Å². The summed E-state index contributed by atoms with van der Waals surface area (Å²) in [4.78, 5) is 27.1. The van der Waals surface area contributed by atoms with E-state index in [0.29, 0.717) is 21.7 Å². The van der Waals surface area contributed by atoms with E-state index in [4.69, 9.17) is 0 Å². The number of carbonyl (C=O) groups is 1. The van der Waals surface area contributed by atoms with E-state index in [1.54, 1.807) is 6.92 Å². The van der Waals surface area contributed by atoms with Crippen molar-refractivity contribution in [3.63, 3.8) is 0 Å². The fourth-order valence-electron chi connectivity index (χ4n) is 3.14. The van der Waals surface area contributed by atoms with Gasteiger partial charge in [-0.3, -0.25) is 9.59 Å². The number of carbonyl (C=O) groups excluding carboxylic acids is 1. The molecule has 0 saturated heterocycles. The number of pyridine rings is 1. The SMILES string of the molecule is Cc1cc(=O)[nH]c(SCC(=O)c2cc(C)n(-c3ccccc3)c2C)c1C#N. The molecule has 0 bridgehead atoms. The Morgan fingerprint density at radius 1 is 1.19 bits per heavy atom. The number of benzene rings is 1. The summed E-state index contributed by atoms with van der Waals surface area (Å²) in [7, 11) is 0. The molecule has 0 aliphatic carbocycles. The van der Waals surface area contributed by atoms with Gasteiger partial charge in [0.25, 0.3) is 0 Å². The van der Waals surface area contributed by atoms with Gasteiger partial charge in [-0.05, 0) is 44.5 Å². The molecule has 0 fully saturated rings. The predicted octanol–water partition coefficient (Wildman–Crippen LogP) is 3.94. The van der Waals surface area contributed by atoms with Gasteiger partial charge in [-0.2, -0.15) is 5.26 Å². The lowest BCUT2D eigenvalue weighted by Gasteiger charge is -2.09. The second kappa shape index (κ2) is 7.68. The molecule has 27 heavy (non-hydrogen) atoms. The largest absolute Gasteiger partial charge is 0.318 e. The minimum absolute atomic E-state index is 0.0403. The third kappa shape index (κ3) is 3.74. The molecule has 0 aliphatic rings. The number of thioether (sulfide) groups is 1. The summed E-state index contributed by atoms with van der Waals surface area (Å²) in [6, 6.07) is 15.2. The fraction of sp³-hybridized carbons (Fsp3) is 0.190. The number of nitriles is 1. The summed E-state index contributed by atoms with van der Waals surface area (Å²) in [5.74, 6) is 0.106. The lowest BCUT2D eigenvalue weighted by Crippen LogP contribution is -2.10. The first kappa shape index (κ1) is 18.7. The van der Waals surface area contributed by atoms with Crippen LogP contribution in [-0.2, 0) is 0 Å². The van der Waals surface area contributed by atoms with E-state index in [2.05, 4.69) is 11.1 Å². The third-order valence-corrected chi connectivity index (χ3v) is 5.41. The van der Waals surface area contributed by atoms with Crippen LogP contribution in [0.4, 0.5) is 0 Å². The second-order valence-corrected chi connectivity index (χ2v) is 7.29. The Kier molecular flexibility index (Phi) is 5.33. The molecule has 3 rings (SSSR count). The minimum atomic E-state index is -0.274. The molecule has 2 aromatic heterocycles. The Morgan fingerprint density at radius 3 is 2.56 bits per heavy atom.